The van der Waals surface area contributed by atoms with E-state index >= 15 is 0 Å². The smallest absolute Gasteiger partial charge is 0.0672 e. The summed E-state index contributed by atoms with van der Waals surface area (Å²) in [7, 11) is 2.27. The number of nitrogens with zero attached hydrogens (tertiary/aromatic N) is 2. The van der Waals surface area contributed by atoms with Crippen LogP contribution in [0, 0.1) is 28.6 Å². The summed E-state index contributed by atoms with van der Waals surface area (Å²) < 4.78 is 0. The molecule has 3 atom stereocenters. The van der Waals surface area contributed by atoms with Gasteiger partial charge in [-0.05, 0) is 50.5 Å². The highest BCUT2D eigenvalue weighted by molar-refractivity contribution is 5.00. The first-order valence-corrected chi connectivity index (χ1v) is 8.05. The molecule has 0 aromatic rings. The van der Waals surface area contributed by atoms with Crippen molar-refractivity contribution >= 4 is 0 Å². The van der Waals surface area contributed by atoms with Crippen LogP contribution in [0.3, 0.4) is 0 Å². The second kappa shape index (κ2) is 5.83. The van der Waals surface area contributed by atoms with Gasteiger partial charge in [-0.25, -0.2) is 0 Å². The fourth-order valence-electron chi connectivity index (χ4n) is 4.12. The third-order valence-corrected chi connectivity index (χ3v) is 5.63. The van der Waals surface area contributed by atoms with Crippen molar-refractivity contribution in [2.75, 3.05) is 7.05 Å². The van der Waals surface area contributed by atoms with E-state index in [0.29, 0.717) is 11.5 Å². The molecule has 0 spiro atoms. The fraction of sp³-hybridized carbons (Fsp3) is 0.941. The van der Waals surface area contributed by atoms with Gasteiger partial charge in [-0.2, -0.15) is 5.26 Å². The van der Waals surface area contributed by atoms with Gasteiger partial charge >= 0.3 is 0 Å². The zero-order valence-corrected chi connectivity index (χ0v) is 13.2. The Morgan fingerprint density at radius 3 is 2.21 bits per heavy atom. The third kappa shape index (κ3) is 3.31. The Bertz CT molecular complexity index is 330. The molecule has 0 aromatic carbocycles. The topological polar surface area (TPSA) is 27.0 Å². The highest BCUT2D eigenvalue weighted by atomic mass is 15.2. The van der Waals surface area contributed by atoms with Crippen LogP contribution in [-0.4, -0.2) is 24.0 Å². The van der Waals surface area contributed by atoms with Gasteiger partial charge in [0.1, 0.15) is 0 Å². The van der Waals surface area contributed by atoms with Crippen LogP contribution in [0.15, 0.2) is 0 Å². The molecule has 19 heavy (non-hydrogen) atoms. The summed E-state index contributed by atoms with van der Waals surface area (Å²) in [5.41, 5.74) is 0.384. The molecule has 0 saturated heterocycles. The maximum absolute atomic E-state index is 9.47. The summed E-state index contributed by atoms with van der Waals surface area (Å²) in [4.78, 5) is 2.57. The lowest BCUT2D eigenvalue weighted by Gasteiger charge is -2.45. The number of hydrogen-bond acceptors (Lipinski definition) is 2. The Labute approximate surface area is 119 Å². The summed E-state index contributed by atoms with van der Waals surface area (Å²) in [6.07, 6.45) is 8.98. The highest BCUT2D eigenvalue weighted by Gasteiger charge is 2.39. The number of nitriles is 1. The van der Waals surface area contributed by atoms with Crippen LogP contribution in [0.1, 0.15) is 65.7 Å². The highest BCUT2D eigenvalue weighted by Crippen LogP contribution is 2.42. The van der Waals surface area contributed by atoms with E-state index in [9.17, 15) is 5.26 Å². The van der Waals surface area contributed by atoms with Gasteiger partial charge in [0, 0.05) is 12.1 Å². The Morgan fingerprint density at radius 1 is 1.05 bits per heavy atom. The van der Waals surface area contributed by atoms with Crippen molar-refractivity contribution in [1.29, 1.82) is 5.26 Å². The molecule has 2 rings (SSSR count). The summed E-state index contributed by atoms with van der Waals surface area (Å²) >= 11 is 0. The predicted octanol–water partition coefficient (Wildman–Crippen LogP) is 4.22. The van der Waals surface area contributed by atoms with E-state index < -0.39 is 0 Å². The molecule has 2 heteroatoms. The summed E-state index contributed by atoms with van der Waals surface area (Å²) in [6.45, 7) is 7.07. The lowest BCUT2D eigenvalue weighted by molar-refractivity contribution is 0.0528. The van der Waals surface area contributed by atoms with E-state index in [0.717, 1.165) is 18.4 Å². The minimum Gasteiger partial charge on any atom is -0.299 e. The summed E-state index contributed by atoms with van der Waals surface area (Å²) in [5.74, 6) is 1.02. The first-order valence-electron chi connectivity index (χ1n) is 8.05. The van der Waals surface area contributed by atoms with Crippen LogP contribution in [0.2, 0.25) is 0 Å². The molecule has 108 valence electrons. The van der Waals surface area contributed by atoms with Gasteiger partial charge in [0.05, 0.1) is 12.0 Å². The van der Waals surface area contributed by atoms with Crippen LogP contribution < -0.4 is 0 Å². The van der Waals surface area contributed by atoms with Crippen molar-refractivity contribution in [2.24, 2.45) is 17.3 Å². The zero-order chi connectivity index (χ0) is 14.0. The Morgan fingerprint density at radius 2 is 1.68 bits per heavy atom. The van der Waals surface area contributed by atoms with Gasteiger partial charge in [0.25, 0.3) is 0 Å². The van der Waals surface area contributed by atoms with E-state index in [1.54, 1.807) is 0 Å². The van der Waals surface area contributed by atoms with Crippen molar-refractivity contribution in [3.8, 4) is 6.07 Å². The van der Waals surface area contributed by atoms with Crippen molar-refractivity contribution in [3.05, 3.63) is 0 Å². The van der Waals surface area contributed by atoms with Crippen molar-refractivity contribution in [3.63, 3.8) is 0 Å². The van der Waals surface area contributed by atoms with Gasteiger partial charge in [0.2, 0.25) is 0 Å². The number of hydrogen-bond donors (Lipinski definition) is 0. The summed E-state index contributed by atoms with van der Waals surface area (Å²) in [5, 5.41) is 9.47. The van der Waals surface area contributed by atoms with Gasteiger partial charge < -0.3 is 0 Å². The lowest BCUT2D eigenvalue weighted by atomic mass is 9.67. The largest absolute Gasteiger partial charge is 0.299 e. The molecule has 0 bridgehead atoms. The van der Waals surface area contributed by atoms with Gasteiger partial charge in [0.15, 0.2) is 0 Å². The first-order chi connectivity index (χ1) is 8.93. The monoisotopic (exact) mass is 262 g/mol. The average molecular weight is 262 g/mol. The molecular formula is C17H30N2. The van der Waals surface area contributed by atoms with Crippen LogP contribution in [-0.2, 0) is 0 Å². The van der Waals surface area contributed by atoms with E-state index in [4.69, 9.17) is 0 Å². The zero-order valence-electron chi connectivity index (χ0n) is 13.2. The molecule has 3 unspecified atom stereocenters. The maximum atomic E-state index is 9.47. The quantitative estimate of drug-likeness (QED) is 0.745. The van der Waals surface area contributed by atoms with Gasteiger partial charge in [-0.15, -0.1) is 0 Å². The molecule has 0 amide bonds. The summed E-state index contributed by atoms with van der Waals surface area (Å²) in [6, 6.07) is 3.82. The van der Waals surface area contributed by atoms with E-state index in [2.05, 4.69) is 38.8 Å². The SMILES string of the molecule is CN(C1CCCC1)C1CC(C(C)(C)C)CCC1C#N. The molecular weight excluding hydrogens is 232 g/mol. The molecule has 0 radical (unpaired) electrons. The Kier molecular flexibility index (Phi) is 4.56. The second-order valence-electron chi connectivity index (χ2n) is 7.78. The van der Waals surface area contributed by atoms with Gasteiger partial charge in [-0.1, -0.05) is 33.6 Å². The van der Waals surface area contributed by atoms with Crippen molar-refractivity contribution in [2.45, 2.75) is 77.8 Å². The molecule has 2 nitrogen and oxygen atoms in total. The molecule has 0 N–H and O–H groups in total. The molecule has 2 aliphatic rings. The molecule has 2 aliphatic carbocycles. The fourth-order valence-corrected chi connectivity index (χ4v) is 4.12. The first kappa shape index (κ1) is 14.9. The molecule has 2 fully saturated rings. The maximum Gasteiger partial charge on any atom is 0.0672 e. The molecule has 0 aromatic heterocycles. The van der Waals surface area contributed by atoms with Crippen LogP contribution in [0.4, 0.5) is 0 Å². The Hall–Kier alpha value is -0.550. The van der Waals surface area contributed by atoms with Crippen LogP contribution >= 0.6 is 0 Å². The van der Waals surface area contributed by atoms with E-state index in [1.807, 2.05) is 0 Å². The lowest BCUT2D eigenvalue weighted by Crippen LogP contribution is -2.47. The Balaban J connectivity index is 2.07. The second-order valence-corrected chi connectivity index (χ2v) is 7.78. The van der Waals surface area contributed by atoms with E-state index in [1.165, 1.54) is 38.5 Å². The van der Waals surface area contributed by atoms with E-state index in [-0.39, 0.29) is 5.92 Å². The molecule has 2 saturated carbocycles. The minimum atomic E-state index is 0.254. The van der Waals surface area contributed by atoms with Crippen molar-refractivity contribution < 1.29 is 0 Å². The molecule has 0 aliphatic heterocycles. The normalized spacial score (nSPS) is 33.6. The predicted molar refractivity (Wildman–Crippen MR) is 79.7 cm³/mol. The van der Waals surface area contributed by atoms with Gasteiger partial charge in [-0.3, -0.25) is 4.90 Å². The van der Waals surface area contributed by atoms with Crippen LogP contribution in [0.5, 0.6) is 0 Å². The standard InChI is InChI=1S/C17H30N2/c1-17(2,3)14-10-9-13(12-18)16(11-14)19(4)15-7-5-6-8-15/h13-16H,5-11H2,1-4H3. The number of rotatable bonds is 2. The van der Waals surface area contributed by atoms with Crippen molar-refractivity contribution in [1.82, 2.24) is 4.90 Å². The molecule has 0 heterocycles. The van der Waals surface area contributed by atoms with Crippen LogP contribution in [0.25, 0.3) is 0 Å². The minimum absolute atomic E-state index is 0.254. The average Bonchev–Trinajstić information content (AvgIpc) is 2.90. The third-order valence-electron chi connectivity index (χ3n) is 5.63.